The Balaban J connectivity index is 1.62. The van der Waals surface area contributed by atoms with Crippen LogP contribution in [0.25, 0.3) is 0 Å². The molecule has 0 unspecified atom stereocenters. The van der Waals surface area contributed by atoms with Gasteiger partial charge in [-0.05, 0) is 66.3 Å². The van der Waals surface area contributed by atoms with Crippen LogP contribution in [0.4, 0.5) is 8.78 Å². The molecule has 0 aromatic heterocycles. The minimum absolute atomic E-state index is 0.505. The summed E-state index contributed by atoms with van der Waals surface area (Å²) >= 11 is 0. The third-order valence-electron chi connectivity index (χ3n) is 5.38. The van der Waals surface area contributed by atoms with E-state index in [9.17, 15) is 8.78 Å². The van der Waals surface area contributed by atoms with Crippen molar-refractivity contribution < 1.29 is 8.78 Å². The van der Waals surface area contributed by atoms with E-state index in [1.807, 2.05) is 0 Å². The Bertz CT molecular complexity index is 743. The zero-order valence-corrected chi connectivity index (χ0v) is 14.6. The van der Waals surface area contributed by atoms with Gasteiger partial charge in [-0.1, -0.05) is 44.0 Å². The molecule has 3 rings (SSSR count). The van der Waals surface area contributed by atoms with Gasteiger partial charge < -0.3 is 0 Å². The monoisotopic (exact) mass is 339 g/mol. The van der Waals surface area contributed by atoms with Gasteiger partial charge >= 0.3 is 0 Å². The summed E-state index contributed by atoms with van der Waals surface area (Å²) in [5.41, 5.74) is 2.65. The summed E-state index contributed by atoms with van der Waals surface area (Å²) in [5, 5.41) is 8.72. The highest BCUT2D eigenvalue weighted by Crippen LogP contribution is 2.35. The molecule has 1 nitrogen and oxygen atoms in total. The fourth-order valence-corrected chi connectivity index (χ4v) is 3.72. The Morgan fingerprint density at radius 3 is 2.04 bits per heavy atom. The molecule has 130 valence electrons. The summed E-state index contributed by atoms with van der Waals surface area (Å²) in [5.74, 6) is -0.0329. The fraction of sp³-hybridized carbons (Fsp3) is 0.409. The molecule has 0 amide bonds. The number of nitriles is 1. The summed E-state index contributed by atoms with van der Waals surface area (Å²) in [6.07, 6.45) is 6.44. The smallest absolute Gasteiger partial charge is 0.144 e. The molecule has 0 radical (unpaired) electrons. The van der Waals surface area contributed by atoms with Gasteiger partial charge in [0.15, 0.2) is 0 Å². The first-order valence-corrected chi connectivity index (χ1v) is 9.03. The van der Waals surface area contributed by atoms with E-state index in [-0.39, 0.29) is 0 Å². The van der Waals surface area contributed by atoms with E-state index in [2.05, 4.69) is 31.2 Å². The van der Waals surface area contributed by atoms with Crippen molar-refractivity contribution in [3.05, 3.63) is 70.3 Å². The van der Waals surface area contributed by atoms with E-state index in [0.29, 0.717) is 17.9 Å². The molecule has 0 atom stereocenters. The Kier molecular flexibility index (Phi) is 5.48. The van der Waals surface area contributed by atoms with Gasteiger partial charge in [-0.25, -0.2) is 8.78 Å². The van der Waals surface area contributed by atoms with Crippen LogP contribution in [0.1, 0.15) is 60.8 Å². The molecule has 1 saturated carbocycles. The first-order chi connectivity index (χ1) is 12.1. The number of rotatable bonds is 4. The highest BCUT2D eigenvalue weighted by atomic mass is 19.1. The number of halogens is 2. The summed E-state index contributed by atoms with van der Waals surface area (Å²) in [7, 11) is 0. The van der Waals surface area contributed by atoms with E-state index in [4.69, 9.17) is 5.26 Å². The third-order valence-corrected chi connectivity index (χ3v) is 5.38. The normalized spacial score (nSPS) is 20.2. The molecule has 2 aromatic carbocycles. The van der Waals surface area contributed by atoms with Gasteiger partial charge in [0, 0.05) is 0 Å². The summed E-state index contributed by atoms with van der Waals surface area (Å²) in [6, 6.07) is 12.7. The average molecular weight is 339 g/mol. The van der Waals surface area contributed by atoms with Gasteiger partial charge in [0.05, 0.1) is 0 Å². The van der Waals surface area contributed by atoms with Crippen LogP contribution in [0.3, 0.4) is 0 Å². The van der Waals surface area contributed by atoms with Crippen molar-refractivity contribution >= 4 is 0 Å². The van der Waals surface area contributed by atoms with E-state index >= 15 is 0 Å². The molecular weight excluding hydrogens is 316 g/mol. The van der Waals surface area contributed by atoms with Gasteiger partial charge in [0.2, 0.25) is 0 Å². The summed E-state index contributed by atoms with van der Waals surface area (Å²) in [4.78, 5) is 0. The average Bonchev–Trinajstić information content (AvgIpc) is 2.61. The van der Waals surface area contributed by atoms with E-state index in [0.717, 1.165) is 17.9 Å². The molecule has 25 heavy (non-hydrogen) atoms. The first-order valence-electron chi connectivity index (χ1n) is 9.03. The molecule has 1 fully saturated rings. The molecule has 1 aliphatic rings. The second-order valence-corrected chi connectivity index (χ2v) is 7.24. The van der Waals surface area contributed by atoms with E-state index in [1.165, 1.54) is 43.4 Å². The van der Waals surface area contributed by atoms with Crippen molar-refractivity contribution in [3.63, 3.8) is 0 Å². The summed E-state index contributed by atoms with van der Waals surface area (Å²) < 4.78 is 27.3. The van der Waals surface area contributed by atoms with Gasteiger partial charge in [-0.2, -0.15) is 5.26 Å². The standard InChI is InChI=1S/C22H23F2N/c1-15-2-8-18(9-3-15)19-10-6-16(7-11-19)4-5-17-12-21(23)20(14-25)22(24)13-17/h6-7,10-13,15,18H,2-5,8-9H2,1H3. The second kappa shape index (κ2) is 7.78. The van der Waals surface area contributed by atoms with Crippen molar-refractivity contribution in [1.29, 1.82) is 5.26 Å². The van der Waals surface area contributed by atoms with Crippen LogP contribution in [0.15, 0.2) is 36.4 Å². The van der Waals surface area contributed by atoms with Crippen molar-refractivity contribution in [2.45, 2.75) is 51.4 Å². The molecule has 0 bridgehead atoms. The van der Waals surface area contributed by atoms with Crippen LogP contribution < -0.4 is 0 Å². The molecular formula is C22H23F2N. The zero-order valence-electron chi connectivity index (χ0n) is 14.6. The van der Waals surface area contributed by atoms with Crippen molar-refractivity contribution in [3.8, 4) is 6.07 Å². The van der Waals surface area contributed by atoms with Crippen LogP contribution in [0, 0.1) is 28.9 Å². The number of nitrogens with zero attached hydrogens (tertiary/aromatic N) is 1. The minimum Gasteiger partial charge on any atom is -0.205 e. The van der Waals surface area contributed by atoms with Crippen molar-refractivity contribution in [2.24, 2.45) is 5.92 Å². The molecule has 0 N–H and O–H groups in total. The predicted octanol–water partition coefficient (Wildman–Crippen LogP) is 5.92. The maximum atomic E-state index is 13.7. The van der Waals surface area contributed by atoms with Crippen LogP contribution >= 0.6 is 0 Å². The molecule has 0 spiro atoms. The fourth-order valence-electron chi connectivity index (χ4n) is 3.72. The maximum absolute atomic E-state index is 13.7. The topological polar surface area (TPSA) is 23.8 Å². The molecule has 0 heterocycles. The lowest BCUT2D eigenvalue weighted by Crippen LogP contribution is -2.10. The van der Waals surface area contributed by atoms with Crippen molar-refractivity contribution in [1.82, 2.24) is 0 Å². The number of aryl methyl sites for hydroxylation is 2. The van der Waals surface area contributed by atoms with Crippen LogP contribution in [0.5, 0.6) is 0 Å². The molecule has 2 aromatic rings. The van der Waals surface area contributed by atoms with Crippen molar-refractivity contribution in [2.75, 3.05) is 0 Å². The Morgan fingerprint density at radius 2 is 1.48 bits per heavy atom. The number of benzene rings is 2. The number of hydrogen-bond donors (Lipinski definition) is 0. The Labute approximate surface area is 148 Å². The minimum atomic E-state index is -0.778. The zero-order chi connectivity index (χ0) is 17.8. The van der Waals surface area contributed by atoms with Crippen LogP contribution in [-0.2, 0) is 12.8 Å². The lowest BCUT2D eigenvalue weighted by atomic mass is 9.79. The van der Waals surface area contributed by atoms with E-state index < -0.39 is 17.2 Å². The molecule has 0 saturated heterocycles. The van der Waals surface area contributed by atoms with Gasteiger partial charge in [0.1, 0.15) is 23.3 Å². The predicted molar refractivity (Wildman–Crippen MR) is 95.3 cm³/mol. The van der Waals surface area contributed by atoms with Gasteiger partial charge in [0.25, 0.3) is 0 Å². The number of hydrogen-bond acceptors (Lipinski definition) is 1. The third kappa shape index (κ3) is 4.25. The first kappa shape index (κ1) is 17.6. The van der Waals surface area contributed by atoms with Crippen LogP contribution in [-0.4, -0.2) is 0 Å². The van der Waals surface area contributed by atoms with Gasteiger partial charge in [-0.15, -0.1) is 0 Å². The SMILES string of the molecule is CC1CCC(c2ccc(CCc3cc(F)c(C#N)c(F)c3)cc2)CC1. The summed E-state index contributed by atoms with van der Waals surface area (Å²) in [6.45, 7) is 2.33. The Hall–Kier alpha value is -2.21. The molecule has 3 heteroatoms. The largest absolute Gasteiger partial charge is 0.205 e. The van der Waals surface area contributed by atoms with Crippen LogP contribution in [0.2, 0.25) is 0 Å². The van der Waals surface area contributed by atoms with E-state index in [1.54, 1.807) is 6.07 Å². The lowest BCUT2D eigenvalue weighted by molar-refractivity contribution is 0.348. The highest BCUT2D eigenvalue weighted by molar-refractivity contribution is 5.35. The Morgan fingerprint density at radius 1 is 0.920 bits per heavy atom. The van der Waals surface area contributed by atoms with Gasteiger partial charge in [-0.3, -0.25) is 0 Å². The second-order valence-electron chi connectivity index (χ2n) is 7.24. The maximum Gasteiger partial charge on any atom is 0.144 e. The lowest BCUT2D eigenvalue weighted by Gasteiger charge is -2.26. The quantitative estimate of drug-likeness (QED) is 0.679. The highest BCUT2D eigenvalue weighted by Gasteiger charge is 2.19. The molecule has 1 aliphatic carbocycles. The molecule has 0 aliphatic heterocycles.